The van der Waals surface area contributed by atoms with E-state index >= 15 is 0 Å². The fourth-order valence-electron chi connectivity index (χ4n) is 5.21. The molecule has 1 aliphatic rings. The number of carboxylic acid groups (broad SMARTS) is 1. The summed E-state index contributed by atoms with van der Waals surface area (Å²) in [6.45, 7) is 4.19. The third-order valence-electron chi connectivity index (χ3n) is 7.74. The van der Waals surface area contributed by atoms with Crippen molar-refractivity contribution in [2.45, 2.75) is 43.0 Å². The van der Waals surface area contributed by atoms with Gasteiger partial charge in [0.1, 0.15) is 52.0 Å². The van der Waals surface area contributed by atoms with E-state index in [9.17, 15) is 20.1 Å². The molecule has 15 heteroatoms. The zero-order valence-corrected chi connectivity index (χ0v) is 30.4. The maximum Gasteiger partial charge on any atom is 0.325 e. The number of aliphatic carboxylic acids is 1. The van der Waals surface area contributed by atoms with Crippen LogP contribution in [0.25, 0.3) is 21.7 Å². The van der Waals surface area contributed by atoms with Crippen LogP contribution in [0.15, 0.2) is 58.9 Å². The topological polar surface area (TPSA) is 164 Å². The average molecular weight is 753 g/mol. The number of rotatable bonds is 15. The molecule has 1 saturated heterocycles. The number of ether oxygens (including phenoxy) is 1. The Bertz CT molecular complexity index is 1870. The van der Waals surface area contributed by atoms with Gasteiger partial charge < -0.3 is 25.4 Å². The van der Waals surface area contributed by atoms with E-state index in [2.05, 4.69) is 27.7 Å². The second-order valence-electron chi connectivity index (χ2n) is 11.2. The van der Waals surface area contributed by atoms with Crippen LogP contribution in [0, 0.1) is 22.7 Å². The molecule has 3 N–H and O–H groups in total. The van der Waals surface area contributed by atoms with Crippen molar-refractivity contribution in [3.05, 3.63) is 75.8 Å². The number of pyridine rings is 1. The van der Waals surface area contributed by atoms with Gasteiger partial charge in [-0.1, -0.05) is 47.6 Å². The monoisotopic (exact) mass is 751 g/mol. The highest BCUT2D eigenvalue weighted by Crippen LogP contribution is 2.40. The summed E-state index contributed by atoms with van der Waals surface area (Å²) in [5, 5.41) is 39.3. The van der Waals surface area contributed by atoms with Crippen LogP contribution in [0.5, 0.6) is 5.75 Å². The maximum atomic E-state index is 11.8. The number of benzene rings is 2. The number of nitrogens with one attached hydrogen (secondary N) is 2. The van der Waals surface area contributed by atoms with Gasteiger partial charge in [0.2, 0.25) is 5.91 Å². The van der Waals surface area contributed by atoms with Gasteiger partial charge in [-0.15, -0.1) is 23.7 Å². The molecule has 2 aromatic heterocycles. The molecule has 0 spiro atoms. The van der Waals surface area contributed by atoms with Gasteiger partial charge in [-0.05, 0) is 49.6 Å². The van der Waals surface area contributed by atoms with Crippen molar-refractivity contribution in [2.24, 2.45) is 0 Å². The fourth-order valence-corrected chi connectivity index (χ4v) is 7.15. The number of carbonyl (C=O) groups excluding carboxylic acids is 1. The lowest BCUT2D eigenvalue weighted by Crippen LogP contribution is -2.39. The number of anilines is 1. The van der Waals surface area contributed by atoms with Gasteiger partial charge in [0.15, 0.2) is 0 Å². The number of thiazole rings is 1. The van der Waals surface area contributed by atoms with Crippen LogP contribution in [0.2, 0.25) is 5.02 Å². The number of nitriles is 2. The number of aromatic nitrogens is 2. The van der Waals surface area contributed by atoms with E-state index in [-0.39, 0.29) is 24.7 Å². The Morgan fingerprint density at radius 1 is 1.04 bits per heavy atom. The zero-order chi connectivity index (χ0) is 34.8. The SMILES string of the molecule is C[C@H](NC(=O)CCNCCOc1ccc(-c2c(C#N)c(SCc3csc(-c4ccc(Cl)cc4)n3)nc(N3CCCC3)c2C#N)cc1)C(=O)O.Cl. The first-order chi connectivity index (χ1) is 23.8. The van der Waals surface area contributed by atoms with Crippen LogP contribution in [0.4, 0.5) is 5.82 Å². The first kappa shape index (κ1) is 38.4. The van der Waals surface area contributed by atoms with Crippen LogP contribution in [0.1, 0.15) is 43.0 Å². The van der Waals surface area contributed by atoms with E-state index in [0.29, 0.717) is 69.3 Å². The number of carbonyl (C=O) groups is 2. The molecule has 1 amide bonds. The van der Waals surface area contributed by atoms with Gasteiger partial charge in [0, 0.05) is 59.9 Å². The summed E-state index contributed by atoms with van der Waals surface area (Å²) >= 11 is 9.03. The van der Waals surface area contributed by atoms with E-state index in [1.165, 1.54) is 18.7 Å². The highest BCUT2D eigenvalue weighted by molar-refractivity contribution is 7.98. The predicted octanol–water partition coefficient (Wildman–Crippen LogP) is 6.53. The summed E-state index contributed by atoms with van der Waals surface area (Å²) in [6, 6.07) is 18.6. The van der Waals surface area contributed by atoms with Crippen LogP contribution in [0.3, 0.4) is 0 Å². The van der Waals surface area contributed by atoms with Gasteiger partial charge in [-0.25, -0.2) is 9.97 Å². The summed E-state index contributed by atoms with van der Waals surface area (Å²) in [5.74, 6) is 0.279. The molecule has 5 rings (SSSR count). The van der Waals surface area contributed by atoms with Gasteiger partial charge in [0.05, 0.1) is 11.3 Å². The minimum absolute atomic E-state index is 0. The minimum atomic E-state index is -1.08. The van der Waals surface area contributed by atoms with Gasteiger partial charge in [-0.3, -0.25) is 9.59 Å². The van der Waals surface area contributed by atoms with Gasteiger partial charge in [-0.2, -0.15) is 10.5 Å². The molecule has 1 atom stereocenters. The quantitative estimate of drug-likeness (QED) is 0.0894. The molecule has 4 aromatic rings. The van der Waals surface area contributed by atoms with E-state index < -0.39 is 12.0 Å². The molecule has 2 aromatic carbocycles. The molecule has 11 nitrogen and oxygen atoms in total. The highest BCUT2D eigenvalue weighted by atomic mass is 35.5. The fraction of sp³-hybridized carbons (Fsp3) is 0.314. The molecule has 0 saturated carbocycles. The molecule has 0 unspecified atom stereocenters. The summed E-state index contributed by atoms with van der Waals surface area (Å²) in [6.07, 6.45) is 2.16. The molecule has 3 heterocycles. The van der Waals surface area contributed by atoms with Gasteiger partial charge >= 0.3 is 5.97 Å². The molecule has 0 bridgehead atoms. The summed E-state index contributed by atoms with van der Waals surface area (Å²) in [5.41, 5.74) is 3.83. The predicted molar refractivity (Wildman–Crippen MR) is 198 cm³/mol. The molecule has 0 radical (unpaired) electrons. The first-order valence-electron chi connectivity index (χ1n) is 15.7. The van der Waals surface area contributed by atoms with E-state index in [1.54, 1.807) is 23.5 Å². The van der Waals surface area contributed by atoms with E-state index in [4.69, 9.17) is 31.4 Å². The Kier molecular flexibility index (Phi) is 14.3. The van der Waals surface area contributed by atoms with Crippen LogP contribution in [-0.4, -0.2) is 65.8 Å². The minimum Gasteiger partial charge on any atom is -0.492 e. The number of thioether (sulfide) groups is 1. The summed E-state index contributed by atoms with van der Waals surface area (Å²) in [4.78, 5) is 34.5. The Labute approximate surface area is 310 Å². The number of hydrogen-bond donors (Lipinski definition) is 3. The smallest absolute Gasteiger partial charge is 0.325 e. The summed E-state index contributed by atoms with van der Waals surface area (Å²) in [7, 11) is 0. The lowest BCUT2D eigenvalue weighted by atomic mass is 9.96. The Morgan fingerprint density at radius 2 is 1.72 bits per heavy atom. The molecule has 0 aliphatic carbocycles. The molecular weight excluding hydrogens is 717 g/mol. The van der Waals surface area contributed by atoms with Crippen molar-refractivity contribution < 1.29 is 19.4 Å². The van der Waals surface area contributed by atoms with Gasteiger partial charge in [0.25, 0.3) is 0 Å². The van der Waals surface area contributed by atoms with Crippen molar-refractivity contribution in [1.29, 1.82) is 10.5 Å². The van der Waals surface area contributed by atoms with Crippen molar-refractivity contribution in [1.82, 2.24) is 20.6 Å². The number of nitrogens with zero attached hydrogens (tertiary/aromatic N) is 5. The van der Waals surface area contributed by atoms with Crippen molar-refractivity contribution in [2.75, 3.05) is 37.7 Å². The number of amides is 1. The standard InChI is InChI=1S/C35H34ClN7O4S2.ClH/c1-22(35(45)46)40-30(44)12-13-39-14-17-47-27-10-6-23(7-11-27)31-28(18-37)32(43-15-2-3-16-43)42-34(29(31)19-38)49-21-26-20-48-33(41-26)24-4-8-25(36)9-5-24;/h4-11,20,22,39H,2-3,12-17,21H2,1H3,(H,40,44)(H,45,46);1H/t22-;/m0./s1. The number of halogens is 2. The molecular formula is C35H35Cl2N7O4S2. The van der Waals surface area contributed by atoms with Crippen LogP contribution >= 0.6 is 47.1 Å². The van der Waals surface area contributed by atoms with E-state index in [1.807, 2.05) is 41.8 Å². The Balaban J connectivity index is 0.00000562. The van der Waals surface area contributed by atoms with Crippen molar-refractivity contribution in [3.8, 4) is 39.6 Å². The van der Waals surface area contributed by atoms with Crippen molar-refractivity contribution >= 4 is 64.8 Å². The largest absolute Gasteiger partial charge is 0.492 e. The lowest BCUT2D eigenvalue weighted by Gasteiger charge is -2.22. The summed E-state index contributed by atoms with van der Waals surface area (Å²) < 4.78 is 5.86. The molecule has 1 fully saturated rings. The average Bonchev–Trinajstić information content (AvgIpc) is 3.82. The highest BCUT2D eigenvalue weighted by Gasteiger charge is 2.26. The Hall–Kier alpha value is -4.37. The number of hydrogen-bond acceptors (Lipinski definition) is 11. The maximum absolute atomic E-state index is 11.8. The zero-order valence-electron chi connectivity index (χ0n) is 27.1. The normalized spacial score (nSPS) is 12.8. The lowest BCUT2D eigenvalue weighted by molar-refractivity contribution is -0.141. The second kappa shape index (κ2) is 18.6. The molecule has 1 aliphatic heterocycles. The third kappa shape index (κ3) is 9.87. The van der Waals surface area contributed by atoms with Crippen LogP contribution < -0.4 is 20.3 Å². The van der Waals surface area contributed by atoms with E-state index in [0.717, 1.165) is 42.2 Å². The first-order valence-corrected chi connectivity index (χ1v) is 17.9. The Morgan fingerprint density at radius 3 is 2.38 bits per heavy atom. The second-order valence-corrected chi connectivity index (χ2v) is 13.5. The number of carboxylic acids is 1. The van der Waals surface area contributed by atoms with Crippen LogP contribution in [-0.2, 0) is 15.3 Å². The molecule has 260 valence electrons. The third-order valence-corrected chi connectivity index (χ3v) is 9.94. The van der Waals surface area contributed by atoms with Crippen molar-refractivity contribution in [3.63, 3.8) is 0 Å². The molecule has 50 heavy (non-hydrogen) atoms.